The van der Waals surface area contributed by atoms with Gasteiger partial charge in [-0.2, -0.15) is 0 Å². The average molecular weight is 478 g/mol. The molecule has 0 saturated heterocycles. The van der Waals surface area contributed by atoms with Crippen LogP contribution in [-0.2, 0) is 17.8 Å². The number of benzene rings is 3. The smallest absolute Gasteiger partial charge is 0.306 e. The minimum absolute atomic E-state index is 0.291. The Hall–Kier alpha value is -4.00. The Morgan fingerprint density at radius 2 is 1.54 bits per heavy atom. The van der Waals surface area contributed by atoms with Gasteiger partial charge >= 0.3 is 5.97 Å². The molecule has 0 aliphatic heterocycles. The number of aliphatic carboxylic acids is 1. The van der Waals surface area contributed by atoms with E-state index >= 15 is 0 Å². The summed E-state index contributed by atoms with van der Waals surface area (Å²) in [7, 11) is 3.09. The van der Waals surface area contributed by atoms with Crippen molar-refractivity contribution in [1.82, 2.24) is 5.32 Å². The van der Waals surface area contributed by atoms with Crippen LogP contribution in [0.3, 0.4) is 0 Å². The van der Waals surface area contributed by atoms with E-state index in [1.165, 1.54) is 7.11 Å². The highest BCUT2D eigenvalue weighted by Crippen LogP contribution is 2.31. The standard InChI is InChI=1S/C28H31NO6/c1-4-7-21(28(31)32)16-20-12-15-24(33-2)23(17-20)27(30)29-18-19-10-13-22(14-11-19)35-26-9-6-5-8-25(26)34-3/h5-6,8-15,17,21H,4,7,16,18H2,1-3H3,(H,29,30)(H,31,32)/t21-/m0/s1. The van der Waals surface area contributed by atoms with Gasteiger partial charge in [0.25, 0.3) is 5.91 Å². The maximum absolute atomic E-state index is 12.9. The van der Waals surface area contributed by atoms with Gasteiger partial charge in [0.15, 0.2) is 11.5 Å². The molecule has 1 amide bonds. The number of rotatable bonds is 12. The molecule has 7 heteroatoms. The number of carboxylic acids is 1. The van der Waals surface area contributed by atoms with Crippen LogP contribution >= 0.6 is 0 Å². The normalized spacial score (nSPS) is 11.4. The summed E-state index contributed by atoms with van der Waals surface area (Å²) < 4.78 is 16.6. The van der Waals surface area contributed by atoms with Crippen molar-refractivity contribution < 1.29 is 28.9 Å². The largest absolute Gasteiger partial charge is 0.496 e. The molecule has 1 atom stereocenters. The SMILES string of the molecule is CCC[C@@H](Cc1ccc(OC)c(C(=O)NCc2ccc(Oc3ccccc3OC)cc2)c1)C(=O)O. The molecule has 35 heavy (non-hydrogen) atoms. The summed E-state index contributed by atoms with van der Waals surface area (Å²) in [6.07, 6.45) is 1.73. The Kier molecular flexibility index (Phi) is 9.12. The zero-order valence-electron chi connectivity index (χ0n) is 20.2. The van der Waals surface area contributed by atoms with Gasteiger partial charge in [0.2, 0.25) is 0 Å². The van der Waals surface area contributed by atoms with Crippen molar-refractivity contribution in [3.05, 3.63) is 83.4 Å². The van der Waals surface area contributed by atoms with Crippen LogP contribution in [0.5, 0.6) is 23.0 Å². The first kappa shape index (κ1) is 25.6. The van der Waals surface area contributed by atoms with Gasteiger partial charge in [-0.1, -0.05) is 43.7 Å². The molecule has 0 saturated carbocycles. The highest BCUT2D eigenvalue weighted by Gasteiger charge is 2.19. The first-order valence-electron chi connectivity index (χ1n) is 11.5. The summed E-state index contributed by atoms with van der Waals surface area (Å²) in [6, 6.07) is 20.0. The maximum atomic E-state index is 12.9. The second-order valence-corrected chi connectivity index (χ2v) is 8.14. The fraction of sp³-hybridized carbons (Fsp3) is 0.286. The number of carbonyl (C=O) groups is 2. The summed E-state index contributed by atoms with van der Waals surface area (Å²) in [5.74, 6) is 0.748. The van der Waals surface area contributed by atoms with E-state index in [0.29, 0.717) is 47.9 Å². The maximum Gasteiger partial charge on any atom is 0.306 e. The van der Waals surface area contributed by atoms with E-state index in [1.54, 1.807) is 19.2 Å². The van der Waals surface area contributed by atoms with Crippen LogP contribution in [-0.4, -0.2) is 31.2 Å². The third-order valence-corrected chi connectivity index (χ3v) is 5.65. The number of methoxy groups -OCH3 is 2. The molecule has 7 nitrogen and oxygen atoms in total. The van der Waals surface area contributed by atoms with Crippen LogP contribution in [0.15, 0.2) is 66.7 Å². The number of ether oxygens (including phenoxy) is 3. The molecule has 3 aromatic carbocycles. The summed E-state index contributed by atoms with van der Waals surface area (Å²) >= 11 is 0. The van der Waals surface area contributed by atoms with Gasteiger partial charge in [-0.3, -0.25) is 9.59 Å². The van der Waals surface area contributed by atoms with Crippen LogP contribution in [0.2, 0.25) is 0 Å². The molecule has 3 rings (SSSR count). The molecule has 0 spiro atoms. The molecule has 0 bridgehead atoms. The summed E-state index contributed by atoms with van der Waals surface area (Å²) in [5, 5.41) is 12.4. The minimum atomic E-state index is -0.827. The van der Waals surface area contributed by atoms with Crippen molar-refractivity contribution in [3.63, 3.8) is 0 Å². The van der Waals surface area contributed by atoms with Crippen molar-refractivity contribution >= 4 is 11.9 Å². The topological polar surface area (TPSA) is 94.1 Å². The van der Waals surface area contributed by atoms with Crippen LogP contribution in [0.4, 0.5) is 0 Å². The van der Waals surface area contributed by atoms with E-state index < -0.39 is 11.9 Å². The fourth-order valence-electron chi connectivity index (χ4n) is 3.79. The third kappa shape index (κ3) is 6.99. The molecule has 0 radical (unpaired) electrons. The number of nitrogens with one attached hydrogen (secondary N) is 1. The quantitative estimate of drug-likeness (QED) is 0.359. The fourth-order valence-corrected chi connectivity index (χ4v) is 3.79. The summed E-state index contributed by atoms with van der Waals surface area (Å²) in [6.45, 7) is 2.27. The van der Waals surface area contributed by atoms with Gasteiger partial charge in [-0.15, -0.1) is 0 Å². The lowest BCUT2D eigenvalue weighted by Gasteiger charge is -2.14. The van der Waals surface area contributed by atoms with Crippen LogP contribution in [0.25, 0.3) is 0 Å². The van der Waals surface area contributed by atoms with Gasteiger partial charge in [-0.25, -0.2) is 0 Å². The molecular weight excluding hydrogens is 446 g/mol. The number of para-hydroxylation sites is 2. The van der Waals surface area contributed by atoms with Gasteiger partial charge in [0.1, 0.15) is 11.5 Å². The van der Waals surface area contributed by atoms with Crippen molar-refractivity contribution in [3.8, 4) is 23.0 Å². The molecule has 3 aromatic rings. The first-order valence-corrected chi connectivity index (χ1v) is 11.5. The van der Waals surface area contributed by atoms with Gasteiger partial charge in [0, 0.05) is 6.54 Å². The predicted molar refractivity (Wildman–Crippen MR) is 133 cm³/mol. The Morgan fingerprint density at radius 3 is 2.17 bits per heavy atom. The van der Waals surface area contributed by atoms with E-state index in [-0.39, 0.29) is 5.91 Å². The van der Waals surface area contributed by atoms with Crippen molar-refractivity contribution in [2.24, 2.45) is 5.92 Å². The highest BCUT2D eigenvalue weighted by atomic mass is 16.5. The van der Waals surface area contributed by atoms with Crippen LogP contribution < -0.4 is 19.5 Å². The first-order chi connectivity index (χ1) is 16.9. The van der Waals surface area contributed by atoms with Crippen molar-refractivity contribution in [2.45, 2.75) is 32.7 Å². The summed E-state index contributed by atoms with van der Waals surface area (Å²) in [5.41, 5.74) is 2.06. The number of carbonyl (C=O) groups excluding carboxylic acids is 1. The molecule has 0 aromatic heterocycles. The Balaban J connectivity index is 1.65. The number of amides is 1. The van der Waals surface area contributed by atoms with Gasteiger partial charge in [-0.05, 0) is 60.4 Å². The molecule has 0 fully saturated rings. The zero-order valence-corrected chi connectivity index (χ0v) is 20.2. The number of hydrogen-bond donors (Lipinski definition) is 2. The summed E-state index contributed by atoms with van der Waals surface area (Å²) in [4.78, 5) is 24.5. The van der Waals surface area contributed by atoms with Crippen LogP contribution in [0, 0.1) is 5.92 Å². The van der Waals surface area contributed by atoms with Crippen molar-refractivity contribution in [1.29, 1.82) is 0 Å². The van der Waals surface area contributed by atoms with Crippen LogP contribution in [0.1, 0.15) is 41.3 Å². The van der Waals surface area contributed by atoms with Crippen molar-refractivity contribution in [2.75, 3.05) is 14.2 Å². The molecule has 184 valence electrons. The number of hydrogen-bond acceptors (Lipinski definition) is 5. The molecule has 0 unspecified atom stereocenters. The van der Waals surface area contributed by atoms with E-state index in [2.05, 4.69) is 5.32 Å². The molecule has 0 aliphatic carbocycles. The molecule has 2 N–H and O–H groups in total. The second-order valence-electron chi connectivity index (χ2n) is 8.14. The van der Waals surface area contributed by atoms with E-state index in [0.717, 1.165) is 17.5 Å². The molecular formula is C28H31NO6. The van der Waals surface area contributed by atoms with E-state index in [9.17, 15) is 14.7 Å². The van der Waals surface area contributed by atoms with Gasteiger partial charge in [0.05, 0.1) is 25.7 Å². The lowest BCUT2D eigenvalue weighted by atomic mass is 9.94. The predicted octanol–water partition coefficient (Wildman–Crippen LogP) is 5.47. The van der Waals surface area contributed by atoms with Gasteiger partial charge < -0.3 is 24.6 Å². The Labute approximate surface area is 205 Å². The Morgan fingerprint density at radius 1 is 0.886 bits per heavy atom. The second kappa shape index (κ2) is 12.5. The lowest BCUT2D eigenvalue weighted by Crippen LogP contribution is -2.24. The highest BCUT2D eigenvalue weighted by molar-refractivity contribution is 5.97. The third-order valence-electron chi connectivity index (χ3n) is 5.65. The Bertz CT molecular complexity index is 1140. The minimum Gasteiger partial charge on any atom is -0.496 e. The molecule has 0 heterocycles. The number of carboxylic acid groups (broad SMARTS) is 1. The monoisotopic (exact) mass is 477 g/mol. The van der Waals surface area contributed by atoms with E-state index in [1.807, 2.05) is 61.5 Å². The average Bonchev–Trinajstić information content (AvgIpc) is 2.88. The van der Waals surface area contributed by atoms with E-state index in [4.69, 9.17) is 14.2 Å². The molecule has 0 aliphatic rings. The lowest BCUT2D eigenvalue weighted by molar-refractivity contribution is -0.141. The zero-order chi connectivity index (χ0) is 25.2.